The minimum atomic E-state index is -2.99. The molecule has 0 aromatic rings. The van der Waals surface area contributed by atoms with E-state index in [-0.39, 0.29) is 0 Å². The van der Waals surface area contributed by atoms with E-state index in [2.05, 4.69) is 19.2 Å². The molecule has 0 aliphatic heterocycles. The molecule has 0 aromatic carbocycles. The van der Waals surface area contributed by atoms with Crippen LogP contribution in [-0.2, 0) is 9.84 Å². The van der Waals surface area contributed by atoms with Gasteiger partial charge in [0.25, 0.3) is 0 Å². The van der Waals surface area contributed by atoms with Gasteiger partial charge in [-0.05, 0) is 25.3 Å². The van der Waals surface area contributed by atoms with Crippen LogP contribution >= 0.6 is 0 Å². The molecule has 4 heteroatoms. The second-order valence-corrected chi connectivity index (χ2v) is 7.10. The van der Waals surface area contributed by atoms with Crippen molar-refractivity contribution in [3.63, 3.8) is 0 Å². The average Bonchev–Trinajstić information content (AvgIpc) is 2.10. The Balaban J connectivity index is 4.54. The van der Waals surface area contributed by atoms with Crippen LogP contribution in [0.5, 0.6) is 0 Å². The summed E-state index contributed by atoms with van der Waals surface area (Å²) in [6, 6.07) is 0. The molecule has 0 fully saturated rings. The minimum absolute atomic E-state index is 0.552. The molecule has 0 spiro atoms. The summed E-state index contributed by atoms with van der Waals surface area (Å²) in [5.41, 5.74) is 0. The first-order chi connectivity index (χ1) is 6.79. The van der Waals surface area contributed by atoms with Crippen molar-refractivity contribution in [2.24, 2.45) is 5.92 Å². The van der Waals surface area contributed by atoms with Crippen LogP contribution < -0.4 is 5.32 Å². The molecule has 0 atom stereocenters. The Bertz CT molecular complexity index is 266. The maximum atomic E-state index is 11.8. The van der Waals surface area contributed by atoms with Crippen LogP contribution in [0, 0.1) is 5.92 Å². The summed E-state index contributed by atoms with van der Waals surface area (Å²) in [5.74, 6) is 0.552. The summed E-state index contributed by atoms with van der Waals surface area (Å²) in [5, 5.41) is 3.25. The Morgan fingerprint density at radius 2 is 1.67 bits per heavy atom. The van der Waals surface area contributed by atoms with Gasteiger partial charge in [-0.25, -0.2) is 8.42 Å². The van der Waals surface area contributed by atoms with Crippen LogP contribution in [0.15, 0.2) is 0 Å². The van der Waals surface area contributed by atoms with Crippen molar-refractivity contribution in [2.75, 3.05) is 19.3 Å². The van der Waals surface area contributed by atoms with Gasteiger partial charge in [0.2, 0.25) is 0 Å². The van der Waals surface area contributed by atoms with Crippen molar-refractivity contribution < 1.29 is 8.42 Å². The lowest BCUT2D eigenvalue weighted by Crippen LogP contribution is -2.46. The van der Waals surface area contributed by atoms with Gasteiger partial charge < -0.3 is 5.32 Å². The van der Waals surface area contributed by atoms with Gasteiger partial charge in [-0.3, -0.25) is 0 Å². The summed E-state index contributed by atoms with van der Waals surface area (Å²) in [4.78, 5) is 0. The Labute approximate surface area is 94.6 Å². The van der Waals surface area contributed by atoms with Crippen LogP contribution in [0.1, 0.15) is 40.5 Å². The number of nitrogens with one attached hydrogen (secondary N) is 1. The van der Waals surface area contributed by atoms with E-state index in [1.165, 1.54) is 6.26 Å². The predicted molar refractivity (Wildman–Crippen MR) is 65.9 cm³/mol. The largest absolute Gasteiger partial charge is 0.315 e. The third-order valence-electron chi connectivity index (χ3n) is 3.07. The molecule has 0 unspecified atom stereocenters. The van der Waals surface area contributed by atoms with Crippen molar-refractivity contribution >= 4 is 9.84 Å². The van der Waals surface area contributed by atoms with Crippen LogP contribution in [-0.4, -0.2) is 32.5 Å². The zero-order valence-electron chi connectivity index (χ0n) is 10.6. The van der Waals surface area contributed by atoms with Crippen molar-refractivity contribution in [3.05, 3.63) is 0 Å². The van der Waals surface area contributed by atoms with Gasteiger partial charge in [0.1, 0.15) is 0 Å². The number of hydrogen-bond donors (Lipinski definition) is 1. The van der Waals surface area contributed by atoms with E-state index in [9.17, 15) is 8.42 Å². The first-order valence-electron chi connectivity index (χ1n) is 5.69. The first kappa shape index (κ1) is 14.9. The third-order valence-corrected chi connectivity index (χ3v) is 5.37. The van der Waals surface area contributed by atoms with Gasteiger partial charge in [0, 0.05) is 12.8 Å². The molecule has 0 aromatic heterocycles. The van der Waals surface area contributed by atoms with Gasteiger partial charge in [0.05, 0.1) is 4.75 Å². The quantitative estimate of drug-likeness (QED) is 0.732. The van der Waals surface area contributed by atoms with E-state index < -0.39 is 14.6 Å². The molecule has 0 radical (unpaired) electrons. The molecule has 0 amide bonds. The van der Waals surface area contributed by atoms with Gasteiger partial charge in [-0.1, -0.05) is 27.7 Å². The molecular weight excluding hydrogens is 210 g/mol. The molecule has 0 heterocycles. The monoisotopic (exact) mass is 235 g/mol. The Morgan fingerprint density at radius 1 is 1.20 bits per heavy atom. The number of sulfone groups is 1. The topological polar surface area (TPSA) is 46.2 Å². The SMILES string of the molecule is CCC(CC)(CNCC(C)C)S(C)(=O)=O. The Morgan fingerprint density at radius 3 is 1.93 bits per heavy atom. The van der Waals surface area contributed by atoms with Crippen LogP contribution in [0.3, 0.4) is 0 Å². The fourth-order valence-electron chi connectivity index (χ4n) is 1.74. The van der Waals surface area contributed by atoms with E-state index in [1.54, 1.807) is 0 Å². The summed E-state index contributed by atoms with van der Waals surface area (Å²) in [7, 11) is -2.99. The van der Waals surface area contributed by atoms with E-state index >= 15 is 0 Å². The highest BCUT2D eigenvalue weighted by molar-refractivity contribution is 7.92. The molecule has 1 N–H and O–H groups in total. The lowest BCUT2D eigenvalue weighted by atomic mass is 10.0. The molecule has 0 saturated carbocycles. The van der Waals surface area contributed by atoms with Gasteiger partial charge in [-0.2, -0.15) is 0 Å². The van der Waals surface area contributed by atoms with Crippen molar-refractivity contribution in [3.8, 4) is 0 Å². The van der Waals surface area contributed by atoms with Crippen LogP contribution in [0.2, 0.25) is 0 Å². The second kappa shape index (κ2) is 5.85. The predicted octanol–water partition coefficient (Wildman–Crippen LogP) is 1.84. The zero-order valence-corrected chi connectivity index (χ0v) is 11.4. The number of hydrogen-bond acceptors (Lipinski definition) is 3. The van der Waals surface area contributed by atoms with Crippen molar-refractivity contribution in [1.82, 2.24) is 5.32 Å². The molecule has 0 saturated heterocycles. The van der Waals surface area contributed by atoms with Crippen molar-refractivity contribution in [1.29, 1.82) is 0 Å². The first-order valence-corrected chi connectivity index (χ1v) is 7.58. The lowest BCUT2D eigenvalue weighted by Gasteiger charge is -2.30. The van der Waals surface area contributed by atoms with Gasteiger partial charge in [0.15, 0.2) is 9.84 Å². The average molecular weight is 235 g/mol. The van der Waals surface area contributed by atoms with E-state index in [4.69, 9.17) is 0 Å². The van der Waals surface area contributed by atoms with E-state index in [1.807, 2.05) is 13.8 Å². The molecule has 0 bridgehead atoms. The Hall–Kier alpha value is -0.0900. The molecule has 0 rings (SSSR count). The highest BCUT2D eigenvalue weighted by atomic mass is 32.2. The molecular formula is C11H25NO2S. The fourth-order valence-corrected chi connectivity index (χ4v) is 3.16. The van der Waals surface area contributed by atoms with Crippen molar-refractivity contribution in [2.45, 2.75) is 45.3 Å². The van der Waals surface area contributed by atoms with Gasteiger partial charge >= 0.3 is 0 Å². The minimum Gasteiger partial charge on any atom is -0.315 e. The van der Waals surface area contributed by atoms with Crippen LogP contribution in [0.4, 0.5) is 0 Å². The standard InChI is InChI=1S/C11H25NO2S/c1-6-11(7-2,15(5,13)14)9-12-8-10(3)4/h10,12H,6-9H2,1-5H3. The zero-order chi connectivity index (χ0) is 12.1. The molecule has 3 nitrogen and oxygen atoms in total. The highest BCUT2D eigenvalue weighted by Gasteiger charge is 2.36. The number of rotatable bonds is 7. The van der Waals surface area contributed by atoms with Crippen LogP contribution in [0.25, 0.3) is 0 Å². The van der Waals surface area contributed by atoms with E-state index in [0.29, 0.717) is 25.3 Å². The second-order valence-electron chi connectivity index (χ2n) is 4.69. The maximum absolute atomic E-state index is 11.8. The Kier molecular flexibility index (Phi) is 5.81. The maximum Gasteiger partial charge on any atom is 0.154 e. The molecule has 0 aliphatic rings. The van der Waals surface area contributed by atoms with E-state index in [0.717, 1.165) is 6.54 Å². The highest BCUT2D eigenvalue weighted by Crippen LogP contribution is 2.24. The van der Waals surface area contributed by atoms with Gasteiger partial charge in [-0.15, -0.1) is 0 Å². The molecule has 92 valence electrons. The lowest BCUT2D eigenvalue weighted by molar-refractivity contribution is 0.435. The summed E-state index contributed by atoms with van der Waals surface area (Å²) in [6.07, 6.45) is 2.69. The molecule has 15 heavy (non-hydrogen) atoms. The summed E-state index contributed by atoms with van der Waals surface area (Å²) >= 11 is 0. The third kappa shape index (κ3) is 4.11. The normalized spacial score (nSPS) is 13.5. The fraction of sp³-hybridized carbons (Fsp3) is 1.00. The summed E-state index contributed by atoms with van der Waals surface area (Å²) < 4.78 is 22.9. The molecule has 0 aliphatic carbocycles. The summed E-state index contributed by atoms with van der Waals surface area (Å²) in [6.45, 7) is 9.57. The smallest absolute Gasteiger partial charge is 0.154 e.